The highest BCUT2D eigenvalue weighted by Crippen LogP contribution is 2.34. The predicted octanol–water partition coefficient (Wildman–Crippen LogP) is 1.96. The van der Waals surface area contributed by atoms with Crippen molar-refractivity contribution in [2.24, 2.45) is 5.41 Å². The zero-order valence-electron chi connectivity index (χ0n) is 12.6. The first-order chi connectivity index (χ1) is 9.81. The third-order valence-corrected chi connectivity index (χ3v) is 6.27. The smallest absolute Gasteiger partial charge is 0.311 e. The second-order valence-electron chi connectivity index (χ2n) is 5.72. The molecule has 0 radical (unpaired) electrons. The zero-order valence-corrected chi connectivity index (χ0v) is 13.4. The lowest BCUT2D eigenvalue weighted by atomic mass is 9.81. The molecule has 0 spiro atoms. The predicted molar refractivity (Wildman–Crippen MR) is 79.3 cm³/mol. The molecular weight excluding hydrogens is 290 g/mol. The van der Waals surface area contributed by atoms with Gasteiger partial charge in [-0.05, 0) is 38.3 Å². The molecule has 1 aromatic carbocycles. The molecule has 1 heterocycles. The number of carbonyl (C=O) groups excluding carboxylic acids is 1. The van der Waals surface area contributed by atoms with Gasteiger partial charge in [-0.3, -0.25) is 4.79 Å². The second-order valence-corrected chi connectivity index (χ2v) is 7.63. The summed E-state index contributed by atoms with van der Waals surface area (Å²) in [6.45, 7) is 4.29. The standard InChI is InChI=1S/C15H21NO4S/c1-12-6-4-5-7-13(12)21(18,19)16-10-8-15(2,9-11-16)14(17)20-3/h4-7H,8-11H2,1-3H3. The summed E-state index contributed by atoms with van der Waals surface area (Å²) < 4.78 is 31.6. The van der Waals surface area contributed by atoms with Gasteiger partial charge in [-0.25, -0.2) is 8.42 Å². The normalized spacial score (nSPS) is 19.2. The van der Waals surface area contributed by atoms with Gasteiger partial charge in [0.05, 0.1) is 17.4 Å². The lowest BCUT2D eigenvalue weighted by Gasteiger charge is -2.36. The Balaban J connectivity index is 2.19. The van der Waals surface area contributed by atoms with E-state index in [1.807, 2.05) is 13.0 Å². The Morgan fingerprint density at radius 1 is 1.24 bits per heavy atom. The molecule has 0 amide bonds. The Morgan fingerprint density at radius 3 is 2.33 bits per heavy atom. The van der Waals surface area contributed by atoms with Crippen molar-refractivity contribution in [3.63, 3.8) is 0 Å². The number of aryl methyl sites for hydroxylation is 1. The van der Waals surface area contributed by atoms with Crippen LogP contribution in [0.1, 0.15) is 25.3 Å². The van der Waals surface area contributed by atoms with Crippen LogP contribution in [0.3, 0.4) is 0 Å². The maximum atomic E-state index is 12.7. The van der Waals surface area contributed by atoms with Crippen LogP contribution in [0.25, 0.3) is 0 Å². The summed E-state index contributed by atoms with van der Waals surface area (Å²) >= 11 is 0. The molecule has 116 valence electrons. The van der Waals surface area contributed by atoms with Crippen LogP contribution in [0.4, 0.5) is 0 Å². The van der Waals surface area contributed by atoms with E-state index in [1.165, 1.54) is 11.4 Å². The van der Waals surface area contributed by atoms with Gasteiger partial charge in [0.1, 0.15) is 0 Å². The van der Waals surface area contributed by atoms with Crippen molar-refractivity contribution in [1.82, 2.24) is 4.31 Å². The molecule has 6 heteroatoms. The number of carbonyl (C=O) groups is 1. The third-order valence-electron chi connectivity index (χ3n) is 4.22. The summed E-state index contributed by atoms with van der Waals surface area (Å²) in [6, 6.07) is 6.95. The van der Waals surface area contributed by atoms with E-state index in [9.17, 15) is 13.2 Å². The number of nitrogens with zero attached hydrogens (tertiary/aromatic N) is 1. The molecule has 0 N–H and O–H groups in total. The summed E-state index contributed by atoms with van der Waals surface area (Å²) in [6.07, 6.45) is 0.954. The Bertz CT molecular complexity index is 631. The van der Waals surface area contributed by atoms with Crippen LogP contribution in [0.5, 0.6) is 0 Å². The number of rotatable bonds is 3. The second kappa shape index (κ2) is 5.77. The van der Waals surface area contributed by atoms with E-state index in [0.29, 0.717) is 30.8 Å². The summed E-state index contributed by atoms with van der Waals surface area (Å²) in [5.41, 5.74) is 0.144. The number of sulfonamides is 1. The minimum atomic E-state index is -3.49. The Labute approximate surface area is 126 Å². The third kappa shape index (κ3) is 2.96. The van der Waals surface area contributed by atoms with Gasteiger partial charge < -0.3 is 4.74 Å². The van der Waals surface area contributed by atoms with Gasteiger partial charge in [0.15, 0.2) is 0 Å². The molecule has 1 fully saturated rings. The number of hydrogen-bond donors (Lipinski definition) is 0. The van der Waals surface area contributed by atoms with Crippen LogP contribution >= 0.6 is 0 Å². The van der Waals surface area contributed by atoms with Gasteiger partial charge in [-0.1, -0.05) is 18.2 Å². The van der Waals surface area contributed by atoms with Crippen LogP contribution in [0.15, 0.2) is 29.2 Å². The van der Waals surface area contributed by atoms with Crippen molar-refractivity contribution < 1.29 is 17.9 Å². The SMILES string of the molecule is COC(=O)C1(C)CCN(S(=O)(=O)c2ccccc2C)CC1. The quantitative estimate of drug-likeness (QED) is 0.801. The van der Waals surface area contributed by atoms with Gasteiger partial charge in [-0.15, -0.1) is 0 Å². The van der Waals surface area contributed by atoms with Crippen molar-refractivity contribution in [3.8, 4) is 0 Å². The first kappa shape index (κ1) is 16.0. The van der Waals surface area contributed by atoms with Crippen LogP contribution in [-0.2, 0) is 19.6 Å². The van der Waals surface area contributed by atoms with Gasteiger partial charge in [0.25, 0.3) is 0 Å². The Hall–Kier alpha value is -1.40. The summed E-state index contributed by atoms with van der Waals surface area (Å²) in [4.78, 5) is 12.1. The molecule has 1 aliphatic heterocycles. The molecule has 0 bridgehead atoms. The largest absolute Gasteiger partial charge is 0.469 e. The van der Waals surface area contributed by atoms with E-state index in [-0.39, 0.29) is 5.97 Å². The summed E-state index contributed by atoms with van der Waals surface area (Å²) in [5, 5.41) is 0. The first-order valence-electron chi connectivity index (χ1n) is 6.95. The summed E-state index contributed by atoms with van der Waals surface area (Å²) in [7, 11) is -2.13. The van der Waals surface area contributed by atoms with Crippen LogP contribution in [0.2, 0.25) is 0 Å². The molecule has 0 aliphatic carbocycles. The monoisotopic (exact) mass is 311 g/mol. The van der Waals surface area contributed by atoms with Crippen LogP contribution in [0, 0.1) is 12.3 Å². The number of piperidine rings is 1. The topological polar surface area (TPSA) is 63.7 Å². The van der Waals surface area contributed by atoms with Gasteiger partial charge >= 0.3 is 5.97 Å². The molecule has 0 saturated carbocycles. The Kier molecular flexibility index (Phi) is 4.39. The van der Waals surface area contributed by atoms with Crippen LogP contribution < -0.4 is 0 Å². The molecule has 1 saturated heterocycles. The maximum absolute atomic E-state index is 12.7. The molecular formula is C15H21NO4S. The lowest BCUT2D eigenvalue weighted by molar-refractivity contribution is -0.153. The minimum absolute atomic E-state index is 0.268. The fraction of sp³-hybridized carbons (Fsp3) is 0.533. The highest BCUT2D eigenvalue weighted by Gasteiger charge is 2.41. The molecule has 21 heavy (non-hydrogen) atoms. The highest BCUT2D eigenvalue weighted by molar-refractivity contribution is 7.89. The summed E-state index contributed by atoms with van der Waals surface area (Å²) in [5.74, 6) is -0.268. The highest BCUT2D eigenvalue weighted by atomic mass is 32.2. The van der Waals surface area contributed by atoms with Crippen LogP contribution in [-0.4, -0.2) is 38.9 Å². The zero-order chi connectivity index (χ0) is 15.7. The molecule has 5 nitrogen and oxygen atoms in total. The number of benzene rings is 1. The molecule has 1 aliphatic rings. The number of esters is 1. The lowest BCUT2D eigenvalue weighted by Crippen LogP contribution is -2.45. The maximum Gasteiger partial charge on any atom is 0.311 e. The van der Waals surface area contributed by atoms with E-state index >= 15 is 0 Å². The molecule has 2 rings (SSSR count). The van der Waals surface area contributed by atoms with Gasteiger partial charge in [0, 0.05) is 13.1 Å². The molecule has 0 aromatic heterocycles. The van der Waals surface area contributed by atoms with E-state index in [4.69, 9.17) is 4.74 Å². The van der Waals surface area contributed by atoms with Crippen molar-refractivity contribution >= 4 is 16.0 Å². The van der Waals surface area contributed by atoms with Crippen molar-refractivity contribution in [2.45, 2.75) is 31.6 Å². The first-order valence-corrected chi connectivity index (χ1v) is 8.39. The van der Waals surface area contributed by atoms with Gasteiger partial charge in [-0.2, -0.15) is 4.31 Å². The van der Waals surface area contributed by atoms with Crippen molar-refractivity contribution in [2.75, 3.05) is 20.2 Å². The van der Waals surface area contributed by atoms with E-state index in [2.05, 4.69) is 0 Å². The average molecular weight is 311 g/mol. The van der Waals surface area contributed by atoms with Gasteiger partial charge in [0.2, 0.25) is 10.0 Å². The molecule has 0 unspecified atom stereocenters. The molecule has 0 atom stereocenters. The Morgan fingerprint density at radius 2 is 1.81 bits per heavy atom. The number of hydrogen-bond acceptors (Lipinski definition) is 4. The fourth-order valence-electron chi connectivity index (χ4n) is 2.66. The number of methoxy groups -OCH3 is 1. The van der Waals surface area contributed by atoms with Crippen molar-refractivity contribution in [1.29, 1.82) is 0 Å². The van der Waals surface area contributed by atoms with Crippen molar-refractivity contribution in [3.05, 3.63) is 29.8 Å². The average Bonchev–Trinajstić information content (AvgIpc) is 2.47. The minimum Gasteiger partial charge on any atom is -0.469 e. The fourth-order valence-corrected chi connectivity index (χ4v) is 4.32. The molecule has 1 aromatic rings. The van der Waals surface area contributed by atoms with E-state index in [0.717, 1.165) is 5.56 Å². The number of ether oxygens (including phenoxy) is 1. The van der Waals surface area contributed by atoms with E-state index < -0.39 is 15.4 Å². The van der Waals surface area contributed by atoms with E-state index in [1.54, 1.807) is 25.1 Å².